The number of carboxylic acids is 2. The van der Waals surface area contributed by atoms with E-state index in [4.69, 9.17) is 15.9 Å². The van der Waals surface area contributed by atoms with Crippen LogP contribution in [0.15, 0.2) is 12.2 Å². The van der Waals surface area contributed by atoms with E-state index in [-0.39, 0.29) is 6.54 Å². The molecule has 0 saturated carbocycles. The molecular formula is C7H10N2O5. The summed E-state index contributed by atoms with van der Waals surface area (Å²) in [4.78, 5) is 30.9. The third kappa shape index (κ3) is 5.72. The minimum Gasteiger partial charge on any atom is -0.480 e. The molecule has 0 aromatic carbocycles. The molecule has 5 N–H and O–H groups in total. The third-order valence-corrected chi connectivity index (χ3v) is 1.19. The zero-order chi connectivity index (χ0) is 11.1. The minimum absolute atomic E-state index is 0.252. The van der Waals surface area contributed by atoms with Gasteiger partial charge in [-0.05, 0) is 0 Å². The summed E-state index contributed by atoms with van der Waals surface area (Å²) in [5.41, 5.74) is 5.07. The van der Waals surface area contributed by atoms with Crippen LogP contribution in [0.1, 0.15) is 0 Å². The van der Waals surface area contributed by atoms with Crippen LogP contribution < -0.4 is 11.1 Å². The summed E-state index contributed by atoms with van der Waals surface area (Å²) in [5, 5.41) is 18.6. The van der Waals surface area contributed by atoms with Gasteiger partial charge in [-0.2, -0.15) is 0 Å². The Balaban J connectivity index is 3.86. The first-order chi connectivity index (χ1) is 6.43. The van der Waals surface area contributed by atoms with Crippen molar-refractivity contribution < 1.29 is 24.6 Å². The number of hydrogen-bond acceptors (Lipinski definition) is 4. The maximum absolute atomic E-state index is 10.8. The monoisotopic (exact) mass is 202 g/mol. The van der Waals surface area contributed by atoms with E-state index in [0.29, 0.717) is 6.08 Å². The van der Waals surface area contributed by atoms with Gasteiger partial charge in [0.2, 0.25) is 5.91 Å². The van der Waals surface area contributed by atoms with Crippen LogP contribution in [0.25, 0.3) is 0 Å². The summed E-state index contributed by atoms with van der Waals surface area (Å²) in [6.07, 6.45) is 1.42. The van der Waals surface area contributed by atoms with Gasteiger partial charge in [0, 0.05) is 18.7 Å². The van der Waals surface area contributed by atoms with E-state index in [9.17, 15) is 14.4 Å². The lowest BCUT2D eigenvalue weighted by atomic mass is 10.3. The zero-order valence-corrected chi connectivity index (χ0v) is 7.14. The van der Waals surface area contributed by atoms with Crippen LogP contribution in [-0.2, 0) is 14.4 Å². The van der Waals surface area contributed by atoms with Gasteiger partial charge in [-0.3, -0.25) is 9.59 Å². The van der Waals surface area contributed by atoms with E-state index in [1.807, 2.05) is 0 Å². The van der Waals surface area contributed by atoms with Crippen molar-refractivity contribution in [2.45, 2.75) is 6.04 Å². The quantitative estimate of drug-likeness (QED) is 0.387. The maximum Gasteiger partial charge on any atom is 0.328 e. The third-order valence-electron chi connectivity index (χ3n) is 1.19. The summed E-state index contributed by atoms with van der Waals surface area (Å²) in [6.45, 7) is -0.252. The molecule has 0 spiro atoms. The lowest BCUT2D eigenvalue weighted by Crippen LogP contribution is -2.42. The number of rotatable bonds is 5. The van der Waals surface area contributed by atoms with Crippen molar-refractivity contribution in [3.63, 3.8) is 0 Å². The van der Waals surface area contributed by atoms with Crippen molar-refractivity contribution >= 4 is 17.8 Å². The Morgan fingerprint density at radius 2 is 1.86 bits per heavy atom. The maximum atomic E-state index is 10.8. The van der Waals surface area contributed by atoms with E-state index in [2.05, 4.69) is 5.32 Å². The van der Waals surface area contributed by atoms with E-state index in [1.165, 1.54) is 0 Å². The highest BCUT2D eigenvalue weighted by Crippen LogP contribution is 1.78. The largest absolute Gasteiger partial charge is 0.480 e. The Labute approximate surface area is 79.2 Å². The highest BCUT2D eigenvalue weighted by molar-refractivity contribution is 5.94. The Morgan fingerprint density at radius 1 is 1.29 bits per heavy atom. The molecule has 0 bridgehead atoms. The molecule has 0 rings (SSSR count). The fraction of sp³-hybridized carbons (Fsp3) is 0.286. The lowest BCUT2D eigenvalue weighted by Gasteiger charge is -2.05. The zero-order valence-electron chi connectivity index (χ0n) is 7.14. The van der Waals surface area contributed by atoms with E-state index < -0.39 is 23.9 Å². The van der Waals surface area contributed by atoms with Gasteiger partial charge in [0.1, 0.15) is 6.04 Å². The Hall–Kier alpha value is -1.89. The molecule has 1 amide bonds. The molecule has 78 valence electrons. The lowest BCUT2D eigenvalue weighted by molar-refractivity contribution is -0.138. The number of nitrogens with one attached hydrogen (secondary N) is 1. The van der Waals surface area contributed by atoms with Gasteiger partial charge >= 0.3 is 11.9 Å². The normalized spacial score (nSPS) is 12.4. The van der Waals surface area contributed by atoms with Crippen molar-refractivity contribution in [3.05, 3.63) is 12.2 Å². The van der Waals surface area contributed by atoms with Crippen molar-refractivity contribution in [1.82, 2.24) is 5.32 Å². The second kappa shape index (κ2) is 5.70. The topological polar surface area (TPSA) is 130 Å². The second-order valence-corrected chi connectivity index (χ2v) is 2.36. The molecule has 0 heterocycles. The predicted molar refractivity (Wildman–Crippen MR) is 45.4 cm³/mol. The highest BCUT2D eigenvalue weighted by Gasteiger charge is 2.11. The standard InChI is InChI=1S/C7H10N2O5/c8-4(7(13)14)3-9-5(10)1-2-6(11)12/h1-2,4H,3,8H2,(H,9,10)(H,11,12)(H,13,14)/b2-1+/t4-/m0/s1. The molecule has 7 nitrogen and oxygen atoms in total. The second-order valence-electron chi connectivity index (χ2n) is 2.36. The van der Waals surface area contributed by atoms with Crippen LogP contribution in [0.5, 0.6) is 0 Å². The Morgan fingerprint density at radius 3 is 2.29 bits per heavy atom. The number of nitrogens with two attached hydrogens (primary N) is 1. The molecule has 0 aliphatic carbocycles. The molecule has 14 heavy (non-hydrogen) atoms. The fourth-order valence-electron chi connectivity index (χ4n) is 0.504. The highest BCUT2D eigenvalue weighted by atomic mass is 16.4. The van der Waals surface area contributed by atoms with Gasteiger partial charge in [-0.15, -0.1) is 0 Å². The smallest absolute Gasteiger partial charge is 0.328 e. The molecule has 0 aliphatic heterocycles. The van der Waals surface area contributed by atoms with E-state index >= 15 is 0 Å². The first kappa shape index (κ1) is 12.1. The Bertz CT molecular complexity index is 273. The van der Waals surface area contributed by atoms with Crippen molar-refractivity contribution in [3.8, 4) is 0 Å². The van der Waals surface area contributed by atoms with Gasteiger partial charge in [-0.25, -0.2) is 4.79 Å². The number of aliphatic carboxylic acids is 2. The van der Waals surface area contributed by atoms with Crippen LogP contribution in [0.2, 0.25) is 0 Å². The van der Waals surface area contributed by atoms with Crippen molar-refractivity contribution in [2.24, 2.45) is 5.73 Å². The van der Waals surface area contributed by atoms with Gasteiger partial charge in [-0.1, -0.05) is 0 Å². The predicted octanol–water partition coefficient (Wildman–Crippen LogP) is -1.84. The van der Waals surface area contributed by atoms with Crippen molar-refractivity contribution in [2.75, 3.05) is 6.54 Å². The number of carbonyl (C=O) groups excluding carboxylic acids is 1. The average molecular weight is 202 g/mol. The van der Waals surface area contributed by atoms with Crippen molar-refractivity contribution in [1.29, 1.82) is 0 Å². The number of hydrogen-bond donors (Lipinski definition) is 4. The first-order valence-corrected chi connectivity index (χ1v) is 3.60. The number of carbonyl (C=O) groups is 3. The summed E-state index contributed by atoms with van der Waals surface area (Å²) in [5.74, 6) is -3.21. The van der Waals surface area contributed by atoms with E-state index in [1.54, 1.807) is 0 Å². The molecule has 0 unspecified atom stereocenters. The summed E-state index contributed by atoms with van der Waals surface area (Å²) in [7, 11) is 0. The van der Waals surface area contributed by atoms with Gasteiger partial charge in [0.05, 0.1) is 0 Å². The molecule has 0 aromatic rings. The molecule has 0 aliphatic rings. The van der Waals surface area contributed by atoms with Crippen LogP contribution in [0.3, 0.4) is 0 Å². The summed E-state index contributed by atoms with van der Waals surface area (Å²) < 4.78 is 0. The minimum atomic E-state index is -1.26. The first-order valence-electron chi connectivity index (χ1n) is 3.60. The summed E-state index contributed by atoms with van der Waals surface area (Å²) >= 11 is 0. The summed E-state index contributed by atoms with van der Waals surface area (Å²) in [6, 6.07) is -1.20. The Kier molecular flexibility index (Phi) is 4.93. The molecule has 0 radical (unpaired) electrons. The van der Waals surface area contributed by atoms with Gasteiger partial charge in [0.25, 0.3) is 0 Å². The van der Waals surface area contributed by atoms with Crippen LogP contribution in [-0.4, -0.2) is 40.6 Å². The van der Waals surface area contributed by atoms with Gasteiger partial charge < -0.3 is 21.3 Å². The molecule has 1 atom stereocenters. The van der Waals surface area contributed by atoms with E-state index in [0.717, 1.165) is 6.08 Å². The van der Waals surface area contributed by atoms with Crippen LogP contribution in [0.4, 0.5) is 0 Å². The SMILES string of the molecule is N[C@@H](CNC(=O)/C=C/C(=O)O)C(=O)O. The van der Waals surface area contributed by atoms with Crippen LogP contribution in [0, 0.1) is 0 Å². The fourth-order valence-corrected chi connectivity index (χ4v) is 0.504. The molecule has 0 aromatic heterocycles. The number of carboxylic acid groups (broad SMARTS) is 2. The van der Waals surface area contributed by atoms with Crippen LogP contribution >= 0.6 is 0 Å². The molecular weight excluding hydrogens is 192 g/mol. The number of amides is 1. The average Bonchev–Trinajstić information content (AvgIpc) is 2.10. The molecule has 0 fully saturated rings. The van der Waals surface area contributed by atoms with Gasteiger partial charge in [0.15, 0.2) is 0 Å². The molecule has 0 saturated heterocycles. The molecule has 7 heteroatoms.